The van der Waals surface area contributed by atoms with Crippen LogP contribution in [0.3, 0.4) is 0 Å². The Balaban J connectivity index is 1.59. The van der Waals surface area contributed by atoms with Crippen LogP contribution in [0, 0.1) is 5.92 Å². The highest BCUT2D eigenvalue weighted by atomic mass is 16.6. The Morgan fingerprint density at radius 3 is 2.45 bits per heavy atom. The third-order valence-electron chi connectivity index (χ3n) is 4.50. The highest BCUT2D eigenvalue weighted by Crippen LogP contribution is 2.31. The molecule has 1 saturated heterocycles. The van der Waals surface area contributed by atoms with Crippen molar-refractivity contribution in [1.82, 2.24) is 0 Å². The highest BCUT2D eigenvalue weighted by Gasteiger charge is 2.40. The van der Waals surface area contributed by atoms with E-state index in [2.05, 4.69) is 30.8 Å². The van der Waals surface area contributed by atoms with E-state index in [1.807, 2.05) is 12.1 Å². The van der Waals surface area contributed by atoms with Crippen LogP contribution in [-0.2, 0) is 16.0 Å². The minimum atomic E-state index is 0.0183. The summed E-state index contributed by atoms with van der Waals surface area (Å²) >= 11 is 0. The number of allylic oxidation sites excluding steroid dienone is 1. The molecule has 22 heavy (non-hydrogen) atoms. The van der Waals surface area contributed by atoms with Crippen LogP contribution in [0.15, 0.2) is 43.0 Å². The van der Waals surface area contributed by atoms with Gasteiger partial charge < -0.3 is 4.74 Å². The highest BCUT2D eigenvalue weighted by molar-refractivity contribution is 5.78. The summed E-state index contributed by atoms with van der Waals surface area (Å²) in [7, 11) is 0. The molecule has 0 aliphatic carbocycles. The van der Waals surface area contributed by atoms with Crippen molar-refractivity contribution in [1.29, 1.82) is 0 Å². The Morgan fingerprint density at radius 2 is 1.73 bits per heavy atom. The summed E-state index contributed by atoms with van der Waals surface area (Å²) in [6.07, 6.45) is 12.4. The lowest BCUT2D eigenvalue weighted by molar-refractivity contribution is -0.185. The van der Waals surface area contributed by atoms with Crippen LogP contribution in [0.1, 0.15) is 56.9 Å². The van der Waals surface area contributed by atoms with Gasteiger partial charge in [0.05, 0.1) is 5.92 Å². The number of esters is 1. The molecule has 1 aliphatic heterocycles. The molecule has 0 amide bonds. The fraction of sp³-hybridized carbons (Fsp3) is 0.550. The zero-order chi connectivity index (χ0) is 15.6. The minimum Gasteiger partial charge on any atom is -0.461 e. The molecule has 2 heteroatoms. The predicted molar refractivity (Wildman–Crippen MR) is 90.6 cm³/mol. The fourth-order valence-electron chi connectivity index (χ4n) is 3.10. The van der Waals surface area contributed by atoms with E-state index in [4.69, 9.17) is 4.74 Å². The lowest BCUT2D eigenvalue weighted by Crippen LogP contribution is -2.45. The van der Waals surface area contributed by atoms with Gasteiger partial charge in [-0.3, -0.25) is 4.79 Å². The van der Waals surface area contributed by atoms with Gasteiger partial charge >= 0.3 is 5.97 Å². The van der Waals surface area contributed by atoms with Gasteiger partial charge in [-0.15, -0.1) is 6.58 Å². The fourth-order valence-corrected chi connectivity index (χ4v) is 3.10. The molecule has 0 saturated carbocycles. The summed E-state index contributed by atoms with van der Waals surface area (Å²) in [5.74, 6) is 0.168. The van der Waals surface area contributed by atoms with E-state index in [9.17, 15) is 4.79 Å². The van der Waals surface area contributed by atoms with E-state index >= 15 is 0 Å². The van der Waals surface area contributed by atoms with Crippen LogP contribution in [0.2, 0.25) is 0 Å². The number of hydrogen-bond donors (Lipinski definition) is 0. The van der Waals surface area contributed by atoms with Crippen LogP contribution in [-0.4, -0.2) is 12.1 Å². The average Bonchev–Trinajstić information content (AvgIpc) is 2.54. The number of ether oxygens (including phenoxy) is 1. The number of rotatable bonds is 11. The third kappa shape index (κ3) is 5.32. The molecule has 120 valence electrons. The SMILES string of the molecule is C=CCCCCCCC[C@@H]1C(=O)O[C@H]1CCc1ccccc1. The first-order valence-corrected chi connectivity index (χ1v) is 8.66. The van der Waals surface area contributed by atoms with E-state index in [-0.39, 0.29) is 18.0 Å². The molecule has 0 N–H and O–H groups in total. The van der Waals surface area contributed by atoms with Gasteiger partial charge in [-0.05, 0) is 37.7 Å². The van der Waals surface area contributed by atoms with Crippen molar-refractivity contribution < 1.29 is 9.53 Å². The Labute approximate surface area is 134 Å². The van der Waals surface area contributed by atoms with E-state index < -0.39 is 0 Å². The van der Waals surface area contributed by atoms with E-state index in [1.165, 1.54) is 31.2 Å². The van der Waals surface area contributed by atoms with E-state index in [0.29, 0.717) is 0 Å². The van der Waals surface area contributed by atoms with Crippen molar-refractivity contribution in [3.63, 3.8) is 0 Å². The normalized spacial score (nSPS) is 20.3. The van der Waals surface area contributed by atoms with Crippen LogP contribution in [0.5, 0.6) is 0 Å². The van der Waals surface area contributed by atoms with Crippen molar-refractivity contribution >= 4 is 5.97 Å². The second kappa shape index (κ2) is 9.45. The monoisotopic (exact) mass is 300 g/mol. The van der Waals surface area contributed by atoms with Gasteiger partial charge in [-0.1, -0.05) is 62.1 Å². The van der Waals surface area contributed by atoms with E-state index in [1.54, 1.807) is 0 Å². The molecule has 1 aromatic rings. The molecular weight excluding hydrogens is 272 g/mol. The molecular formula is C20H28O2. The lowest BCUT2D eigenvalue weighted by atomic mass is 9.87. The van der Waals surface area contributed by atoms with Gasteiger partial charge in [0, 0.05) is 0 Å². The molecule has 2 rings (SSSR count). The van der Waals surface area contributed by atoms with Crippen LogP contribution >= 0.6 is 0 Å². The summed E-state index contributed by atoms with van der Waals surface area (Å²) < 4.78 is 5.33. The first-order chi connectivity index (χ1) is 10.8. The van der Waals surface area contributed by atoms with Crippen molar-refractivity contribution in [3.8, 4) is 0 Å². The smallest absolute Gasteiger partial charge is 0.313 e. The van der Waals surface area contributed by atoms with Crippen molar-refractivity contribution in [3.05, 3.63) is 48.6 Å². The third-order valence-corrected chi connectivity index (χ3v) is 4.50. The van der Waals surface area contributed by atoms with Crippen molar-refractivity contribution in [2.24, 2.45) is 5.92 Å². The molecule has 1 fully saturated rings. The lowest BCUT2D eigenvalue weighted by Gasteiger charge is -2.35. The molecule has 0 bridgehead atoms. The second-order valence-corrected chi connectivity index (χ2v) is 6.24. The molecule has 1 aliphatic rings. The molecule has 2 atom stereocenters. The van der Waals surface area contributed by atoms with Gasteiger partial charge in [0.1, 0.15) is 6.10 Å². The minimum absolute atomic E-state index is 0.0183. The Hall–Kier alpha value is -1.57. The molecule has 1 heterocycles. The number of carbonyl (C=O) groups excluding carboxylic acids is 1. The number of unbranched alkanes of at least 4 members (excludes halogenated alkanes) is 5. The van der Waals surface area contributed by atoms with Crippen molar-refractivity contribution in [2.45, 2.75) is 63.9 Å². The van der Waals surface area contributed by atoms with Crippen LogP contribution in [0.25, 0.3) is 0 Å². The standard InChI is InChI=1S/C20H28O2/c1-2-3-4-5-6-7-11-14-18-19(22-20(18)21)16-15-17-12-9-8-10-13-17/h2,8-10,12-13,18-19H,1,3-7,11,14-16H2/t18-,19-/m0/s1. The maximum absolute atomic E-state index is 11.6. The number of hydrogen-bond acceptors (Lipinski definition) is 2. The summed E-state index contributed by atoms with van der Waals surface area (Å²) in [6.45, 7) is 3.74. The summed E-state index contributed by atoms with van der Waals surface area (Å²) in [5.41, 5.74) is 1.33. The quantitative estimate of drug-likeness (QED) is 0.324. The predicted octanol–water partition coefficient (Wildman–Crippen LogP) is 5.08. The molecule has 2 nitrogen and oxygen atoms in total. The maximum atomic E-state index is 11.6. The van der Waals surface area contributed by atoms with E-state index in [0.717, 1.165) is 32.1 Å². The molecule has 1 aromatic carbocycles. The number of cyclic esters (lactones) is 1. The Morgan fingerprint density at radius 1 is 1.00 bits per heavy atom. The number of aryl methyl sites for hydroxylation is 1. The second-order valence-electron chi connectivity index (χ2n) is 6.24. The van der Waals surface area contributed by atoms with Gasteiger partial charge in [0.25, 0.3) is 0 Å². The summed E-state index contributed by atoms with van der Waals surface area (Å²) in [6, 6.07) is 10.4. The van der Waals surface area contributed by atoms with Gasteiger partial charge in [-0.2, -0.15) is 0 Å². The maximum Gasteiger partial charge on any atom is 0.313 e. The topological polar surface area (TPSA) is 26.3 Å². The number of carbonyl (C=O) groups is 1. The molecule has 0 aromatic heterocycles. The number of benzene rings is 1. The first-order valence-electron chi connectivity index (χ1n) is 8.66. The molecule has 0 unspecified atom stereocenters. The average molecular weight is 300 g/mol. The van der Waals surface area contributed by atoms with Crippen LogP contribution < -0.4 is 0 Å². The van der Waals surface area contributed by atoms with Crippen LogP contribution in [0.4, 0.5) is 0 Å². The molecule has 0 radical (unpaired) electrons. The zero-order valence-corrected chi connectivity index (χ0v) is 13.5. The zero-order valence-electron chi connectivity index (χ0n) is 13.5. The molecule has 0 spiro atoms. The first kappa shape index (κ1) is 16.8. The Bertz CT molecular complexity index is 452. The van der Waals surface area contributed by atoms with Crippen molar-refractivity contribution in [2.75, 3.05) is 0 Å². The van der Waals surface area contributed by atoms with Gasteiger partial charge in [0.15, 0.2) is 0 Å². The van der Waals surface area contributed by atoms with Gasteiger partial charge in [0.2, 0.25) is 0 Å². The Kier molecular flexibility index (Phi) is 7.21. The largest absolute Gasteiger partial charge is 0.461 e. The van der Waals surface area contributed by atoms with Gasteiger partial charge in [-0.25, -0.2) is 0 Å². The summed E-state index contributed by atoms with van der Waals surface area (Å²) in [5, 5.41) is 0. The summed E-state index contributed by atoms with van der Waals surface area (Å²) in [4.78, 5) is 11.6.